The van der Waals surface area contributed by atoms with Gasteiger partial charge < -0.3 is 24.7 Å². The van der Waals surface area contributed by atoms with Gasteiger partial charge in [-0.2, -0.15) is 0 Å². The van der Waals surface area contributed by atoms with E-state index >= 15 is 0 Å². The number of amides is 3. The fourth-order valence-electron chi connectivity index (χ4n) is 3.84. The summed E-state index contributed by atoms with van der Waals surface area (Å²) in [6, 6.07) is 18.9. The predicted molar refractivity (Wildman–Crippen MR) is 207 cm³/mol. The molecule has 3 amide bonds. The Morgan fingerprint density at radius 1 is 0.647 bits per heavy atom. The Kier molecular flexibility index (Phi) is 16.7. The number of carbonyl (C=O) groups is 4. The van der Waals surface area contributed by atoms with E-state index in [-0.39, 0.29) is 6.61 Å². The third-order valence-electron chi connectivity index (χ3n) is 5.72. The van der Waals surface area contributed by atoms with Crippen LogP contribution in [0.4, 0.5) is 41.9 Å². The van der Waals surface area contributed by atoms with Crippen LogP contribution in [0.25, 0.3) is 20.9 Å². The number of benzene rings is 2. The van der Waals surface area contributed by atoms with E-state index in [2.05, 4.69) is 20.7 Å². The summed E-state index contributed by atoms with van der Waals surface area (Å²) in [6.45, 7) is 14.8. The Morgan fingerprint density at radius 2 is 1.10 bits per heavy atom. The Labute approximate surface area is 311 Å². The monoisotopic (exact) mass is 760 g/mol. The molecule has 0 bridgehead atoms. The quantitative estimate of drug-likeness (QED) is 0.0814. The Balaban J connectivity index is 0.000000310. The molecule has 0 radical (unpaired) electrons. The molecule has 0 atom stereocenters. The van der Waals surface area contributed by atoms with Crippen molar-refractivity contribution in [3.05, 3.63) is 71.4 Å². The zero-order chi connectivity index (χ0) is 38.2. The smallest absolute Gasteiger partial charge is 0.412 e. The standard InChI is InChI=1S/C18H22N2O4S.C15H18N2O2S.C3H5ClO2/c1-5-23-16(21)20-14-11-12(15-7-6-10-25-15)8-9-13(14)19-17(22)24-18(2,3)4;1-15(2,3)19-14(18)17-12-7-6-10(9-11(12)16)13-5-4-8-20-13;1-2-6-3(4)5/h6-11H,5H2,1-4H3,(H,19,22)(H,20,21);4-9H,16H2,1-3H3,(H,17,18);2H2,1H3. The molecule has 51 heavy (non-hydrogen) atoms. The Hall–Kier alpha value is -4.79. The number of rotatable bonds is 7. The van der Waals surface area contributed by atoms with Gasteiger partial charge in [-0.15, -0.1) is 22.7 Å². The fraction of sp³-hybridized carbons (Fsp3) is 0.333. The highest BCUT2D eigenvalue weighted by molar-refractivity contribution is 7.13. The van der Waals surface area contributed by atoms with Gasteiger partial charge in [0.2, 0.25) is 0 Å². The molecular weight excluding hydrogens is 716 g/mol. The lowest BCUT2D eigenvalue weighted by molar-refractivity contribution is 0.0624. The second-order valence-electron chi connectivity index (χ2n) is 12.3. The minimum Gasteiger partial charge on any atom is -0.454 e. The number of nitrogens with one attached hydrogen (secondary N) is 3. The van der Waals surface area contributed by atoms with Crippen LogP contribution in [0.1, 0.15) is 55.4 Å². The number of nitrogens with two attached hydrogens (primary N) is 1. The summed E-state index contributed by atoms with van der Waals surface area (Å²) in [5, 5.41) is 12.0. The maximum absolute atomic E-state index is 12.0. The molecule has 5 N–H and O–H groups in total. The van der Waals surface area contributed by atoms with Crippen molar-refractivity contribution in [3.63, 3.8) is 0 Å². The number of nitrogen functional groups attached to an aromatic ring is 1. The third kappa shape index (κ3) is 16.6. The first kappa shape index (κ1) is 42.4. The second kappa shape index (κ2) is 20.2. The van der Waals surface area contributed by atoms with Crippen LogP contribution in [0, 0.1) is 0 Å². The van der Waals surface area contributed by atoms with Crippen LogP contribution in [-0.2, 0) is 18.9 Å². The van der Waals surface area contributed by atoms with Gasteiger partial charge in [0.15, 0.2) is 0 Å². The van der Waals surface area contributed by atoms with Gasteiger partial charge in [0, 0.05) is 21.4 Å². The molecule has 0 saturated carbocycles. The summed E-state index contributed by atoms with van der Waals surface area (Å²) in [6.07, 6.45) is -1.69. The van der Waals surface area contributed by atoms with Crippen LogP contribution < -0.4 is 21.7 Å². The van der Waals surface area contributed by atoms with Crippen LogP contribution in [0.2, 0.25) is 0 Å². The number of thiophene rings is 2. The summed E-state index contributed by atoms with van der Waals surface area (Å²) < 4.78 is 19.5. The van der Waals surface area contributed by atoms with E-state index in [1.54, 1.807) is 75.5 Å². The zero-order valence-electron chi connectivity index (χ0n) is 29.9. The molecule has 0 aliphatic carbocycles. The van der Waals surface area contributed by atoms with E-state index in [4.69, 9.17) is 31.5 Å². The molecule has 12 nitrogen and oxygen atoms in total. The van der Waals surface area contributed by atoms with Gasteiger partial charge in [-0.05, 0) is 114 Å². The predicted octanol–water partition coefficient (Wildman–Crippen LogP) is 11.1. The molecule has 0 aliphatic rings. The lowest BCUT2D eigenvalue weighted by atomic mass is 10.1. The summed E-state index contributed by atoms with van der Waals surface area (Å²) in [4.78, 5) is 47.3. The normalized spacial score (nSPS) is 10.6. The van der Waals surface area contributed by atoms with Crippen LogP contribution in [0.15, 0.2) is 71.4 Å². The summed E-state index contributed by atoms with van der Waals surface area (Å²) in [7, 11) is 0. The average Bonchev–Trinajstić information content (AvgIpc) is 3.74. The van der Waals surface area contributed by atoms with Gasteiger partial charge in [0.05, 0.1) is 36.0 Å². The van der Waals surface area contributed by atoms with Crippen LogP contribution in [-0.4, -0.2) is 48.1 Å². The van der Waals surface area contributed by atoms with Crippen molar-refractivity contribution in [2.75, 3.05) is 34.9 Å². The van der Waals surface area contributed by atoms with Gasteiger partial charge in [-0.1, -0.05) is 24.3 Å². The molecule has 0 fully saturated rings. The van der Waals surface area contributed by atoms with E-state index in [0.29, 0.717) is 29.4 Å². The zero-order valence-corrected chi connectivity index (χ0v) is 32.3. The number of carbonyl (C=O) groups excluding carboxylic acids is 4. The molecular formula is C36H45ClN4O8S2. The highest BCUT2D eigenvalue weighted by atomic mass is 35.5. The highest BCUT2D eigenvalue weighted by Crippen LogP contribution is 2.32. The molecule has 4 rings (SSSR count). The second-order valence-corrected chi connectivity index (χ2v) is 14.5. The number of anilines is 4. The van der Waals surface area contributed by atoms with E-state index in [0.717, 1.165) is 20.9 Å². The molecule has 0 unspecified atom stereocenters. The summed E-state index contributed by atoms with van der Waals surface area (Å²) in [5.41, 5.74) is 7.99. The van der Waals surface area contributed by atoms with Crippen molar-refractivity contribution in [2.24, 2.45) is 0 Å². The lowest BCUT2D eigenvalue weighted by Gasteiger charge is -2.20. The summed E-state index contributed by atoms with van der Waals surface area (Å²) in [5.74, 6) is 0. The maximum atomic E-state index is 12.0. The molecule has 276 valence electrons. The number of ether oxygens (including phenoxy) is 4. The number of halogens is 1. The van der Waals surface area contributed by atoms with E-state index < -0.39 is 34.9 Å². The SMILES string of the molecule is CC(C)(C)OC(=O)Nc1ccc(-c2cccs2)cc1N.CCOC(=O)Cl.CCOC(=O)Nc1cc(-c2cccs2)ccc1NC(=O)OC(C)(C)C. The number of hydrogen-bond acceptors (Lipinski definition) is 11. The lowest BCUT2D eigenvalue weighted by Crippen LogP contribution is -2.27. The first-order valence-electron chi connectivity index (χ1n) is 15.8. The van der Waals surface area contributed by atoms with E-state index in [9.17, 15) is 19.2 Å². The van der Waals surface area contributed by atoms with Crippen molar-refractivity contribution in [1.82, 2.24) is 0 Å². The fourth-order valence-corrected chi connectivity index (χ4v) is 5.40. The van der Waals surface area contributed by atoms with Gasteiger partial charge in [0.1, 0.15) is 11.2 Å². The molecule has 0 saturated heterocycles. The average molecular weight is 761 g/mol. The van der Waals surface area contributed by atoms with Crippen molar-refractivity contribution < 1.29 is 38.1 Å². The molecule has 2 aromatic carbocycles. The minimum absolute atomic E-state index is 0.255. The molecule has 15 heteroatoms. The molecule has 0 spiro atoms. The van der Waals surface area contributed by atoms with Crippen molar-refractivity contribution >= 4 is 80.7 Å². The first-order valence-corrected chi connectivity index (χ1v) is 17.9. The number of hydrogen-bond donors (Lipinski definition) is 4. The third-order valence-corrected chi connectivity index (χ3v) is 7.67. The van der Waals surface area contributed by atoms with E-state index in [1.165, 1.54) is 0 Å². The largest absolute Gasteiger partial charge is 0.454 e. The van der Waals surface area contributed by atoms with Crippen LogP contribution in [0.5, 0.6) is 0 Å². The van der Waals surface area contributed by atoms with Gasteiger partial charge in [0.25, 0.3) is 0 Å². The molecule has 2 heterocycles. The minimum atomic E-state index is -0.738. The van der Waals surface area contributed by atoms with Gasteiger partial charge >= 0.3 is 23.7 Å². The van der Waals surface area contributed by atoms with Crippen molar-refractivity contribution in [2.45, 2.75) is 66.6 Å². The van der Waals surface area contributed by atoms with Crippen molar-refractivity contribution in [3.8, 4) is 20.9 Å². The first-order chi connectivity index (χ1) is 23.9. The topological polar surface area (TPSA) is 167 Å². The van der Waals surface area contributed by atoms with Crippen molar-refractivity contribution in [1.29, 1.82) is 0 Å². The molecule has 2 aromatic heterocycles. The Morgan fingerprint density at radius 3 is 1.49 bits per heavy atom. The molecule has 0 aliphatic heterocycles. The molecule has 4 aromatic rings. The highest BCUT2D eigenvalue weighted by Gasteiger charge is 2.19. The van der Waals surface area contributed by atoms with E-state index in [1.807, 2.05) is 74.0 Å². The maximum Gasteiger partial charge on any atom is 0.412 e. The summed E-state index contributed by atoms with van der Waals surface area (Å²) >= 11 is 7.95. The van der Waals surface area contributed by atoms with Crippen LogP contribution in [0.3, 0.4) is 0 Å². The van der Waals surface area contributed by atoms with Gasteiger partial charge in [-0.3, -0.25) is 16.0 Å². The van der Waals surface area contributed by atoms with Gasteiger partial charge in [-0.25, -0.2) is 19.2 Å². The van der Waals surface area contributed by atoms with Crippen LogP contribution >= 0.6 is 34.3 Å². The Bertz CT molecular complexity index is 1720.